The molecule has 2 unspecified atom stereocenters. The van der Waals surface area contributed by atoms with E-state index in [9.17, 15) is 0 Å². The molecule has 106 valence electrons. The molecule has 1 aliphatic rings. The van der Waals surface area contributed by atoms with Crippen molar-refractivity contribution >= 4 is 0 Å². The van der Waals surface area contributed by atoms with Crippen LogP contribution in [-0.4, -0.2) is 30.1 Å². The lowest BCUT2D eigenvalue weighted by molar-refractivity contribution is 0.113. The molecule has 0 aromatic heterocycles. The molecule has 0 amide bonds. The van der Waals surface area contributed by atoms with E-state index >= 15 is 0 Å². The van der Waals surface area contributed by atoms with Gasteiger partial charge in [-0.2, -0.15) is 0 Å². The van der Waals surface area contributed by atoms with E-state index < -0.39 is 0 Å². The standard InChI is InChI=1S/C17H28N2/c1-4-6-17-11-18-16(5-2)13-19(17)12-15-9-7-14(3)8-10-15/h7-10,16-18H,4-6,11-13H2,1-3H3. The summed E-state index contributed by atoms with van der Waals surface area (Å²) in [6.45, 7) is 10.2. The van der Waals surface area contributed by atoms with Gasteiger partial charge in [-0.25, -0.2) is 0 Å². The van der Waals surface area contributed by atoms with Gasteiger partial charge < -0.3 is 5.32 Å². The molecule has 0 bridgehead atoms. The first-order valence-electron chi connectivity index (χ1n) is 7.76. The first-order chi connectivity index (χ1) is 9.22. The van der Waals surface area contributed by atoms with E-state index in [1.807, 2.05) is 0 Å². The predicted octanol–water partition coefficient (Wildman–Crippen LogP) is 3.35. The van der Waals surface area contributed by atoms with Crippen molar-refractivity contribution in [3.8, 4) is 0 Å². The number of aryl methyl sites for hydroxylation is 1. The average molecular weight is 260 g/mol. The van der Waals surface area contributed by atoms with Crippen molar-refractivity contribution in [3.63, 3.8) is 0 Å². The Labute approximate surface area is 118 Å². The Hall–Kier alpha value is -0.860. The van der Waals surface area contributed by atoms with Crippen molar-refractivity contribution in [1.29, 1.82) is 0 Å². The Bertz CT molecular complexity index is 371. The molecule has 0 aliphatic carbocycles. The topological polar surface area (TPSA) is 15.3 Å². The van der Waals surface area contributed by atoms with Gasteiger partial charge in [-0.05, 0) is 25.3 Å². The van der Waals surface area contributed by atoms with Crippen molar-refractivity contribution in [3.05, 3.63) is 35.4 Å². The second-order valence-corrected chi connectivity index (χ2v) is 5.87. The molecule has 2 heteroatoms. The Morgan fingerprint density at radius 3 is 2.58 bits per heavy atom. The highest BCUT2D eigenvalue weighted by Crippen LogP contribution is 2.17. The molecular weight excluding hydrogens is 232 g/mol. The lowest BCUT2D eigenvalue weighted by Gasteiger charge is -2.40. The fourth-order valence-electron chi connectivity index (χ4n) is 2.94. The van der Waals surface area contributed by atoms with Gasteiger partial charge in [0.25, 0.3) is 0 Å². The monoisotopic (exact) mass is 260 g/mol. The lowest BCUT2D eigenvalue weighted by atomic mass is 10.0. The molecule has 1 aliphatic heterocycles. The van der Waals surface area contributed by atoms with Gasteiger partial charge in [0.2, 0.25) is 0 Å². The minimum atomic E-state index is 0.665. The maximum atomic E-state index is 3.69. The highest BCUT2D eigenvalue weighted by molar-refractivity contribution is 5.21. The summed E-state index contributed by atoms with van der Waals surface area (Å²) in [5.41, 5.74) is 2.80. The second-order valence-electron chi connectivity index (χ2n) is 5.87. The summed E-state index contributed by atoms with van der Waals surface area (Å²) in [5.74, 6) is 0. The molecule has 1 heterocycles. The Morgan fingerprint density at radius 2 is 1.95 bits per heavy atom. The number of rotatable bonds is 5. The fraction of sp³-hybridized carbons (Fsp3) is 0.647. The van der Waals surface area contributed by atoms with Crippen LogP contribution in [0, 0.1) is 6.92 Å². The minimum Gasteiger partial charge on any atom is -0.311 e. The van der Waals surface area contributed by atoms with Gasteiger partial charge in [-0.1, -0.05) is 50.1 Å². The third-order valence-electron chi connectivity index (χ3n) is 4.23. The number of hydrogen-bond acceptors (Lipinski definition) is 2. The summed E-state index contributed by atoms with van der Waals surface area (Å²) in [6, 6.07) is 10.4. The Balaban J connectivity index is 2.02. The summed E-state index contributed by atoms with van der Waals surface area (Å²) < 4.78 is 0. The van der Waals surface area contributed by atoms with Crippen molar-refractivity contribution in [2.75, 3.05) is 13.1 Å². The zero-order chi connectivity index (χ0) is 13.7. The van der Waals surface area contributed by atoms with E-state index in [0.29, 0.717) is 12.1 Å². The maximum Gasteiger partial charge on any atom is 0.0237 e. The van der Waals surface area contributed by atoms with Crippen LogP contribution in [0.4, 0.5) is 0 Å². The van der Waals surface area contributed by atoms with Crippen LogP contribution >= 0.6 is 0 Å². The molecule has 2 nitrogen and oxygen atoms in total. The van der Waals surface area contributed by atoms with Crippen molar-refractivity contribution in [2.24, 2.45) is 0 Å². The summed E-state index contributed by atoms with van der Waals surface area (Å²) in [4.78, 5) is 2.68. The number of nitrogens with zero attached hydrogens (tertiary/aromatic N) is 1. The van der Waals surface area contributed by atoms with Crippen LogP contribution in [0.15, 0.2) is 24.3 Å². The van der Waals surface area contributed by atoms with Gasteiger partial charge >= 0.3 is 0 Å². The van der Waals surface area contributed by atoms with Gasteiger partial charge in [0.15, 0.2) is 0 Å². The van der Waals surface area contributed by atoms with E-state index in [1.165, 1.54) is 36.9 Å². The Morgan fingerprint density at radius 1 is 1.21 bits per heavy atom. The average Bonchev–Trinajstić information content (AvgIpc) is 2.43. The van der Waals surface area contributed by atoms with Crippen LogP contribution < -0.4 is 5.32 Å². The predicted molar refractivity (Wildman–Crippen MR) is 82.4 cm³/mol. The molecule has 0 saturated carbocycles. The minimum absolute atomic E-state index is 0.665. The van der Waals surface area contributed by atoms with Gasteiger partial charge in [-0.15, -0.1) is 0 Å². The fourth-order valence-corrected chi connectivity index (χ4v) is 2.94. The van der Waals surface area contributed by atoms with Crippen molar-refractivity contribution < 1.29 is 0 Å². The first kappa shape index (κ1) is 14.5. The molecule has 1 aromatic carbocycles. The molecule has 1 aromatic rings. The highest BCUT2D eigenvalue weighted by atomic mass is 15.2. The number of hydrogen-bond donors (Lipinski definition) is 1. The second kappa shape index (κ2) is 7.06. The maximum absolute atomic E-state index is 3.69. The Kier molecular flexibility index (Phi) is 5.41. The lowest BCUT2D eigenvalue weighted by Crippen LogP contribution is -2.55. The SMILES string of the molecule is CCCC1CNC(CC)CN1Cc1ccc(C)cc1. The molecule has 1 fully saturated rings. The van der Waals surface area contributed by atoms with Crippen molar-refractivity contribution in [1.82, 2.24) is 10.2 Å². The van der Waals surface area contributed by atoms with Crippen LogP contribution in [0.3, 0.4) is 0 Å². The zero-order valence-electron chi connectivity index (χ0n) is 12.7. The number of benzene rings is 1. The molecule has 1 N–H and O–H groups in total. The van der Waals surface area contributed by atoms with Crippen LogP contribution in [0.5, 0.6) is 0 Å². The summed E-state index contributed by atoms with van der Waals surface area (Å²) in [6.07, 6.45) is 3.80. The normalized spacial score (nSPS) is 24.6. The summed E-state index contributed by atoms with van der Waals surface area (Å²) >= 11 is 0. The van der Waals surface area contributed by atoms with Crippen LogP contribution in [0.25, 0.3) is 0 Å². The molecule has 0 spiro atoms. The third-order valence-corrected chi connectivity index (χ3v) is 4.23. The summed E-state index contributed by atoms with van der Waals surface area (Å²) in [5, 5.41) is 3.69. The van der Waals surface area contributed by atoms with Crippen LogP contribution in [0.2, 0.25) is 0 Å². The van der Waals surface area contributed by atoms with E-state index in [4.69, 9.17) is 0 Å². The number of piperazine rings is 1. The quantitative estimate of drug-likeness (QED) is 0.873. The van der Waals surface area contributed by atoms with E-state index in [0.717, 1.165) is 13.1 Å². The van der Waals surface area contributed by atoms with Crippen LogP contribution in [-0.2, 0) is 6.54 Å². The smallest absolute Gasteiger partial charge is 0.0237 e. The molecule has 2 rings (SSSR count). The third kappa shape index (κ3) is 4.05. The summed E-state index contributed by atoms with van der Waals surface area (Å²) in [7, 11) is 0. The van der Waals surface area contributed by atoms with Gasteiger partial charge in [0.1, 0.15) is 0 Å². The molecular formula is C17H28N2. The van der Waals surface area contributed by atoms with E-state index in [1.54, 1.807) is 0 Å². The van der Waals surface area contributed by atoms with E-state index in [2.05, 4.69) is 55.3 Å². The highest BCUT2D eigenvalue weighted by Gasteiger charge is 2.26. The molecule has 0 radical (unpaired) electrons. The van der Waals surface area contributed by atoms with Gasteiger partial charge in [0, 0.05) is 31.7 Å². The molecule has 2 atom stereocenters. The van der Waals surface area contributed by atoms with E-state index in [-0.39, 0.29) is 0 Å². The molecule has 19 heavy (non-hydrogen) atoms. The van der Waals surface area contributed by atoms with Crippen molar-refractivity contribution in [2.45, 2.75) is 58.7 Å². The molecule has 1 saturated heterocycles. The first-order valence-corrected chi connectivity index (χ1v) is 7.76. The number of nitrogens with one attached hydrogen (secondary N) is 1. The van der Waals surface area contributed by atoms with Crippen LogP contribution in [0.1, 0.15) is 44.2 Å². The largest absolute Gasteiger partial charge is 0.311 e. The van der Waals surface area contributed by atoms with Gasteiger partial charge in [0.05, 0.1) is 0 Å². The van der Waals surface area contributed by atoms with Gasteiger partial charge in [-0.3, -0.25) is 4.90 Å². The zero-order valence-corrected chi connectivity index (χ0v) is 12.7.